The molecule has 3 nitrogen and oxygen atoms in total. The van der Waals surface area contributed by atoms with Crippen LogP contribution in [-0.4, -0.2) is 24.0 Å². The number of furan rings is 1. The van der Waals surface area contributed by atoms with Crippen molar-refractivity contribution in [2.75, 3.05) is 13.1 Å². The van der Waals surface area contributed by atoms with Crippen molar-refractivity contribution < 1.29 is 4.42 Å². The number of hydrogen-bond acceptors (Lipinski definition) is 3. The molecule has 2 rings (SSSR count). The van der Waals surface area contributed by atoms with E-state index >= 15 is 0 Å². The molecule has 1 aromatic rings. The van der Waals surface area contributed by atoms with Crippen LogP contribution in [0.5, 0.6) is 0 Å². The molecule has 1 atom stereocenters. The number of nitrogens with zero attached hydrogens (tertiary/aromatic N) is 1. The van der Waals surface area contributed by atoms with Crippen LogP contribution in [0.1, 0.15) is 51.4 Å². The molecule has 0 bridgehead atoms. The van der Waals surface area contributed by atoms with Crippen molar-refractivity contribution in [1.82, 2.24) is 10.2 Å². The first-order chi connectivity index (χ1) is 9.19. The molecule has 1 aromatic heterocycles. The molecular weight excluding hydrogens is 236 g/mol. The molecule has 1 saturated heterocycles. The molecule has 1 fully saturated rings. The Balaban J connectivity index is 1.80. The van der Waals surface area contributed by atoms with E-state index in [9.17, 15) is 0 Å². The fourth-order valence-corrected chi connectivity index (χ4v) is 2.87. The average molecular weight is 264 g/mol. The van der Waals surface area contributed by atoms with E-state index in [-0.39, 0.29) is 0 Å². The number of likely N-dealkylation sites (tertiary alicyclic amines) is 1. The number of nitrogens with one attached hydrogen (secondary N) is 1. The van der Waals surface area contributed by atoms with Crippen molar-refractivity contribution in [2.45, 2.75) is 59.2 Å². The molecule has 0 aromatic carbocycles. The maximum Gasteiger partial charge on any atom is 0.118 e. The summed E-state index contributed by atoms with van der Waals surface area (Å²) in [6, 6.07) is 2.96. The second kappa shape index (κ2) is 7.11. The van der Waals surface area contributed by atoms with E-state index in [1.807, 2.05) is 6.26 Å². The van der Waals surface area contributed by atoms with E-state index in [2.05, 4.69) is 37.1 Å². The van der Waals surface area contributed by atoms with Gasteiger partial charge in [-0.25, -0.2) is 0 Å². The third kappa shape index (κ3) is 4.36. The van der Waals surface area contributed by atoms with E-state index < -0.39 is 0 Å². The Bertz CT molecular complexity index is 373. The van der Waals surface area contributed by atoms with Gasteiger partial charge in [0, 0.05) is 18.2 Å². The van der Waals surface area contributed by atoms with Crippen LogP contribution in [0.4, 0.5) is 0 Å². The second-order valence-corrected chi connectivity index (χ2v) is 6.12. The molecule has 0 spiro atoms. The summed E-state index contributed by atoms with van der Waals surface area (Å²) in [7, 11) is 0. The standard InChI is InChI=1S/C16H28N2O/c1-4-15-6-5-7-18(15)11-16-8-14(12-19-16)10-17-9-13(2)3/h8,12-13,15,17H,4-7,9-11H2,1-3H3. The van der Waals surface area contributed by atoms with Gasteiger partial charge >= 0.3 is 0 Å². The van der Waals surface area contributed by atoms with Crippen molar-refractivity contribution in [3.63, 3.8) is 0 Å². The second-order valence-electron chi connectivity index (χ2n) is 6.12. The smallest absolute Gasteiger partial charge is 0.118 e. The molecule has 3 heteroatoms. The van der Waals surface area contributed by atoms with Crippen LogP contribution in [-0.2, 0) is 13.1 Å². The molecular formula is C16H28N2O. The van der Waals surface area contributed by atoms with Gasteiger partial charge in [-0.3, -0.25) is 4.90 Å². The van der Waals surface area contributed by atoms with Crippen LogP contribution in [0.25, 0.3) is 0 Å². The van der Waals surface area contributed by atoms with Gasteiger partial charge in [-0.05, 0) is 44.3 Å². The zero-order valence-corrected chi connectivity index (χ0v) is 12.6. The van der Waals surface area contributed by atoms with Crippen LogP contribution >= 0.6 is 0 Å². The lowest BCUT2D eigenvalue weighted by Gasteiger charge is -2.21. The van der Waals surface area contributed by atoms with Crippen molar-refractivity contribution in [3.05, 3.63) is 23.7 Å². The topological polar surface area (TPSA) is 28.4 Å². The summed E-state index contributed by atoms with van der Waals surface area (Å²) in [5.74, 6) is 1.81. The summed E-state index contributed by atoms with van der Waals surface area (Å²) in [5, 5.41) is 3.45. The number of hydrogen-bond donors (Lipinski definition) is 1. The summed E-state index contributed by atoms with van der Waals surface area (Å²) in [6.07, 6.45) is 5.84. The summed E-state index contributed by atoms with van der Waals surface area (Å²) >= 11 is 0. The summed E-state index contributed by atoms with van der Waals surface area (Å²) in [4.78, 5) is 2.56. The van der Waals surface area contributed by atoms with E-state index in [1.165, 1.54) is 31.4 Å². The van der Waals surface area contributed by atoms with E-state index in [0.29, 0.717) is 5.92 Å². The summed E-state index contributed by atoms with van der Waals surface area (Å²) in [5.41, 5.74) is 1.27. The Morgan fingerprint density at radius 1 is 1.47 bits per heavy atom. The van der Waals surface area contributed by atoms with Gasteiger partial charge in [0.1, 0.15) is 5.76 Å². The zero-order valence-electron chi connectivity index (χ0n) is 12.6. The van der Waals surface area contributed by atoms with Gasteiger partial charge in [0.25, 0.3) is 0 Å². The highest BCUT2D eigenvalue weighted by atomic mass is 16.3. The fraction of sp³-hybridized carbons (Fsp3) is 0.750. The molecule has 2 heterocycles. The highest BCUT2D eigenvalue weighted by Gasteiger charge is 2.23. The van der Waals surface area contributed by atoms with Crippen LogP contribution < -0.4 is 5.32 Å². The van der Waals surface area contributed by atoms with Gasteiger partial charge in [-0.1, -0.05) is 20.8 Å². The Kier molecular flexibility index (Phi) is 5.46. The molecule has 19 heavy (non-hydrogen) atoms. The lowest BCUT2D eigenvalue weighted by molar-refractivity contribution is 0.221. The summed E-state index contributed by atoms with van der Waals surface area (Å²) < 4.78 is 5.70. The Labute approximate surface area is 117 Å². The normalized spacial score (nSPS) is 20.5. The molecule has 1 aliphatic rings. The third-order valence-electron chi connectivity index (χ3n) is 3.92. The van der Waals surface area contributed by atoms with Crippen LogP contribution in [0, 0.1) is 5.92 Å². The fourth-order valence-electron chi connectivity index (χ4n) is 2.87. The molecule has 1 unspecified atom stereocenters. The molecule has 1 aliphatic heterocycles. The van der Waals surface area contributed by atoms with E-state index in [1.54, 1.807) is 0 Å². The van der Waals surface area contributed by atoms with Gasteiger partial charge in [0.15, 0.2) is 0 Å². The molecule has 0 amide bonds. The zero-order chi connectivity index (χ0) is 13.7. The van der Waals surface area contributed by atoms with Gasteiger partial charge in [0.2, 0.25) is 0 Å². The lowest BCUT2D eigenvalue weighted by Crippen LogP contribution is -2.27. The Hall–Kier alpha value is -0.800. The average Bonchev–Trinajstić information content (AvgIpc) is 2.98. The predicted molar refractivity (Wildman–Crippen MR) is 79.0 cm³/mol. The highest BCUT2D eigenvalue weighted by Crippen LogP contribution is 2.22. The maximum atomic E-state index is 5.70. The molecule has 0 radical (unpaired) electrons. The van der Waals surface area contributed by atoms with Gasteiger partial charge in [-0.15, -0.1) is 0 Å². The first kappa shape index (κ1) is 14.6. The van der Waals surface area contributed by atoms with Crippen LogP contribution in [0.3, 0.4) is 0 Å². The van der Waals surface area contributed by atoms with Crippen LogP contribution in [0.15, 0.2) is 16.7 Å². The Morgan fingerprint density at radius 3 is 3.05 bits per heavy atom. The van der Waals surface area contributed by atoms with Gasteiger partial charge < -0.3 is 9.73 Å². The quantitative estimate of drug-likeness (QED) is 0.818. The maximum absolute atomic E-state index is 5.70. The summed E-state index contributed by atoms with van der Waals surface area (Å²) in [6.45, 7) is 10.9. The molecule has 108 valence electrons. The van der Waals surface area contributed by atoms with Crippen molar-refractivity contribution in [2.24, 2.45) is 5.92 Å². The van der Waals surface area contributed by atoms with Crippen LogP contribution in [0.2, 0.25) is 0 Å². The molecule has 0 aliphatic carbocycles. The van der Waals surface area contributed by atoms with Gasteiger partial charge in [0.05, 0.1) is 12.8 Å². The first-order valence-corrected chi connectivity index (χ1v) is 7.70. The van der Waals surface area contributed by atoms with Gasteiger partial charge in [-0.2, -0.15) is 0 Å². The van der Waals surface area contributed by atoms with E-state index in [0.717, 1.165) is 31.4 Å². The largest absolute Gasteiger partial charge is 0.468 e. The first-order valence-electron chi connectivity index (χ1n) is 7.70. The minimum atomic E-state index is 0.696. The van der Waals surface area contributed by atoms with Crippen molar-refractivity contribution in [3.8, 4) is 0 Å². The monoisotopic (exact) mass is 264 g/mol. The van der Waals surface area contributed by atoms with Crippen molar-refractivity contribution >= 4 is 0 Å². The minimum Gasteiger partial charge on any atom is -0.468 e. The van der Waals surface area contributed by atoms with Crippen molar-refractivity contribution in [1.29, 1.82) is 0 Å². The molecule has 1 N–H and O–H groups in total. The SMILES string of the molecule is CCC1CCCN1Cc1cc(CNCC(C)C)co1. The Morgan fingerprint density at radius 2 is 2.32 bits per heavy atom. The number of rotatable bonds is 7. The third-order valence-corrected chi connectivity index (χ3v) is 3.92. The lowest BCUT2D eigenvalue weighted by atomic mass is 10.1. The highest BCUT2D eigenvalue weighted by molar-refractivity contribution is 5.13. The van der Waals surface area contributed by atoms with E-state index in [4.69, 9.17) is 4.42 Å². The minimum absolute atomic E-state index is 0.696. The predicted octanol–water partition coefficient (Wildman–Crippen LogP) is 3.40. The molecule has 0 saturated carbocycles.